The van der Waals surface area contributed by atoms with E-state index < -0.39 is 0 Å². The van der Waals surface area contributed by atoms with Crippen LogP contribution in [0.1, 0.15) is 19.4 Å². The van der Waals surface area contributed by atoms with Crippen molar-refractivity contribution in [2.24, 2.45) is 0 Å². The number of rotatable bonds is 6. The molecule has 0 bridgehead atoms. The van der Waals surface area contributed by atoms with Gasteiger partial charge in [0.2, 0.25) is 11.8 Å². The molecule has 0 spiro atoms. The molecule has 1 aliphatic heterocycles. The van der Waals surface area contributed by atoms with E-state index in [1.807, 2.05) is 42.2 Å². The van der Waals surface area contributed by atoms with Crippen molar-refractivity contribution in [3.05, 3.63) is 60.2 Å². The molecule has 3 rings (SSSR count). The molecule has 0 saturated carbocycles. The van der Waals surface area contributed by atoms with E-state index in [2.05, 4.69) is 39.8 Å². The molecule has 6 nitrogen and oxygen atoms in total. The molecular formula is C22H28N4O2. The molecule has 2 N–H and O–H groups in total. The van der Waals surface area contributed by atoms with Crippen molar-refractivity contribution in [2.75, 3.05) is 36.8 Å². The van der Waals surface area contributed by atoms with E-state index in [1.165, 1.54) is 12.5 Å². The maximum absolute atomic E-state index is 12.8. The first-order chi connectivity index (χ1) is 13.5. The molecular weight excluding hydrogens is 352 g/mol. The maximum atomic E-state index is 12.8. The van der Waals surface area contributed by atoms with Crippen LogP contribution in [0.2, 0.25) is 0 Å². The van der Waals surface area contributed by atoms with Crippen molar-refractivity contribution >= 4 is 23.2 Å². The molecule has 148 valence electrons. The lowest BCUT2D eigenvalue weighted by molar-refractivity contribution is -0.133. The minimum Gasteiger partial charge on any atom is -0.374 e. The molecule has 0 aromatic heterocycles. The number of amides is 2. The normalized spacial score (nSPS) is 15.7. The number of hydrogen-bond donors (Lipinski definition) is 2. The molecule has 1 atom stereocenters. The third-order valence-corrected chi connectivity index (χ3v) is 4.87. The quantitative estimate of drug-likeness (QED) is 0.809. The van der Waals surface area contributed by atoms with Crippen LogP contribution in [0, 0.1) is 0 Å². The lowest BCUT2D eigenvalue weighted by Crippen LogP contribution is -2.51. The molecule has 1 aliphatic rings. The van der Waals surface area contributed by atoms with Crippen molar-refractivity contribution in [3.63, 3.8) is 0 Å². The Morgan fingerprint density at radius 2 is 1.64 bits per heavy atom. The number of anilines is 2. The number of nitrogens with one attached hydrogen (secondary N) is 2. The van der Waals surface area contributed by atoms with Crippen molar-refractivity contribution in [1.29, 1.82) is 0 Å². The van der Waals surface area contributed by atoms with Crippen LogP contribution >= 0.6 is 0 Å². The summed E-state index contributed by atoms with van der Waals surface area (Å²) in [6.45, 7) is 7.52. The first-order valence-corrected chi connectivity index (χ1v) is 9.70. The van der Waals surface area contributed by atoms with Gasteiger partial charge in [0.15, 0.2) is 0 Å². The van der Waals surface area contributed by atoms with E-state index in [4.69, 9.17) is 0 Å². The summed E-state index contributed by atoms with van der Waals surface area (Å²) < 4.78 is 0. The Balaban J connectivity index is 1.50. The molecule has 28 heavy (non-hydrogen) atoms. The van der Waals surface area contributed by atoms with Gasteiger partial charge in [-0.2, -0.15) is 0 Å². The Hall–Kier alpha value is -2.86. The zero-order chi connectivity index (χ0) is 19.9. The predicted molar refractivity (Wildman–Crippen MR) is 112 cm³/mol. The second-order valence-corrected chi connectivity index (χ2v) is 7.22. The monoisotopic (exact) mass is 380 g/mol. The standard InChI is InChI=1S/C22H28N4O2/c1-17(23-20-9-6-10-21(15-20)24-18(2)27)22(28)26-13-11-25(12-14-26)16-19-7-4-3-5-8-19/h3-10,15,17,23H,11-14,16H2,1-2H3,(H,24,27)/t17-/m1/s1. The Labute approximate surface area is 166 Å². The third kappa shape index (κ3) is 5.57. The average Bonchev–Trinajstić information content (AvgIpc) is 2.68. The fourth-order valence-electron chi connectivity index (χ4n) is 3.44. The highest BCUT2D eigenvalue weighted by Crippen LogP contribution is 2.17. The van der Waals surface area contributed by atoms with Gasteiger partial charge in [-0.25, -0.2) is 0 Å². The van der Waals surface area contributed by atoms with Crippen LogP contribution in [0.5, 0.6) is 0 Å². The van der Waals surface area contributed by atoms with Crippen LogP contribution in [-0.4, -0.2) is 53.8 Å². The van der Waals surface area contributed by atoms with Crippen molar-refractivity contribution in [1.82, 2.24) is 9.80 Å². The predicted octanol–water partition coefficient (Wildman–Crippen LogP) is 2.79. The van der Waals surface area contributed by atoms with Gasteiger partial charge < -0.3 is 15.5 Å². The third-order valence-electron chi connectivity index (χ3n) is 4.87. The van der Waals surface area contributed by atoms with Gasteiger partial charge in [0.05, 0.1) is 0 Å². The first kappa shape index (κ1) is 19.9. The highest BCUT2D eigenvalue weighted by Gasteiger charge is 2.24. The summed E-state index contributed by atoms with van der Waals surface area (Å²) in [6.07, 6.45) is 0. The Morgan fingerprint density at radius 3 is 2.32 bits per heavy atom. The average molecular weight is 380 g/mol. The summed E-state index contributed by atoms with van der Waals surface area (Å²) in [5, 5.41) is 6.00. The second kappa shape index (κ2) is 9.37. The van der Waals surface area contributed by atoms with E-state index >= 15 is 0 Å². The summed E-state index contributed by atoms with van der Waals surface area (Å²) in [6, 6.07) is 17.5. The first-order valence-electron chi connectivity index (χ1n) is 9.70. The zero-order valence-corrected chi connectivity index (χ0v) is 16.5. The van der Waals surface area contributed by atoms with Crippen LogP contribution in [0.15, 0.2) is 54.6 Å². The lowest BCUT2D eigenvalue weighted by atomic mass is 10.2. The summed E-state index contributed by atoms with van der Waals surface area (Å²) in [4.78, 5) is 28.3. The van der Waals surface area contributed by atoms with Gasteiger partial charge in [-0.15, -0.1) is 0 Å². The fraction of sp³-hybridized carbons (Fsp3) is 0.364. The van der Waals surface area contributed by atoms with E-state index in [0.717, 1.165) is 38.4 Å². The second-order valence-electron chi connectivity index (χ2n) is 7.22. The SMILES string of the molecule is CC(=O)Nc1cccc(N[C@H](C)C(=O)N2CCN(Cc3ccccc3)CC2)c1. The van der Waals surface area contributed by atoms with Gasteiger partial charge in [-0.05, 0) is 30.7 Å². The Bertz CT molecular complexity index is 801. The molecule has 0 aliphatic carbocycles. The van der Waals surface area contributed by atoms with E-state index in [-0.39, 0.29) is 17.9 Å². The van der Waals surface area contributed by atoms with Crippen LogP contribution in [0.4, 0.5) is 11.4 Å². The minimum atomic E-state index is -0.326. The molecule has 0 unspecified atom stereocenters. The van der Waals surface area contributed by atoms with Crippen LogP contribution in [0.3, 0.4) is 0 Å². The fourth-order valence-corrected chi connectivity index (χ4v) is 3.44. The summed E-state index contributed by atoms with van der Waals surface area (Å²) >= 11 is 0. The molecule has 1 heterocycles. The van der Waals surface area contributed by atoms with Crippen LogP contribution in [0.25, 0.3) is 0 Å². The lowest BCUT2D eigenvalue weighted by Gasteiger charge is -2.36. The highest BCUT2D eigenvalue weighted by molar-refractivity contribution is 5.89. The number of carbonyl (C=O) groups is 2. The summed E-state index contributed by atoms with van der Waals surface area (Å²) in [7, 11) is 0. The maximum Gasteiger partial charge on any atom is 0.244 e. The number of piperazine rings is 1. The van der Waals surface area contributed by atoms with Crippen molar-refractivity contribution < 1.29 is 9.59 Å². The van der Waals surface area contributed by atoms with Gasteiger partial charge in [0.25, 0.3) is 0 Å². The van der Waals surface area contributed by atoms with Crippen LogP contribution in [-0.2, 0) is 16.1 Å². The molecule has 6 heteroatoms. The topological polar surface area (TPSA) is 64.7 Å². The van der Waals surface area contributed by atoms with Gasteiger partial charge in [0.1, 0.15) is 6.04 Å². The number of carbonyl (C=O) groups excluding carboxylic acids is 2. The van der Waals surface area contributed by atoms with Gasteiger partial charge >= 0.3 is 0 Å². The Morgan fingerprint density at radius 1 is 0.964 bits per heavy atom. The van der Waals surface area contributed by atoms with Gasteiger partial charge in [-0.3, -0.25) is 14.5 Å². The summed E-state index contributed by atoms with van der Waals surface area (Å²) in [5.41, 5.74) is 2.83. The number of benzene rings is 2. The number of nitrogens with zero attached hydrogens (tertiary/aromatic N) is 2. The largest absolute Gasteiger partial charge is 0.374 e. The molecule has 0 radical (unpaired) electrons. The van der Waals surface area contributed by atoms with E-state index in [9.17, 15) is 9.59 Å². The zero-order valence-electron chi connectivity index (χ0n) is 16.5. The van der Waals surface area contributed by atoms with E-state index in [0.29, 0.717) is 5.69 Å². The van der Waals surface area contributed by atoms with E-state index in [1.54, 1.807) is 0 Å². The van der Waals surface area contributed by atoms with Crippen molar-refractivity contribution in [2.45, 2.75) is 26.4 Å². The summed E-state index contributed by atoms with van der Waals surface area (Å²) in [5.74, 6) is -0.0149. The molecule has 1 fully saturated rings. The molecule has 2 amide bonds. The highest BCUT2D eigenvalue weighted by atomic mass is 16.2. The Kier molecular flexibility index (Phi) is 6.66. The van der Waals surface area contributed by atoms with Gasteiger partial charge in [0, 0.05) is 51.0 Å². The van der Waals surface area contributed by atoms with Crippen molar-refractivity contribution in [3.8, 4) is 0 Å². The molecule has 1 saturated heterocycles. The van der Waals surface area contributed by atoms with Crippen LogP contribution < -0.4 is 10.6 Å². The molecule has 2 aromatic rings. The van der Waals surface area contributed by atoms with Gasteiger partial charge in [-0.1, -0.05) is 36.4 Å². The number of hydrogen-bond acceptors (Lipinski definition) is 4. The minimum absolute atomic E-state index is 0.101. The molecule has 2 aromatic carbocycles. The smallest absolute Gasteiger partial charge is 0.244 e.